The van der Waals surface area contributed by atoms with Crippen LogP contribution in [0.4, 0.5) is 24.7 Å². The Kier molecular flexibility index (Phi) is 5.63. The first-order valence-corrected chi connectivity index (χ1v) is 8.87. The van der Waals surface area contributed by atoms with Crippen molar-refractivity contribution in [1.82, 2.24) is 19.7 Å². The monoisotopic (exact) mass is 421 g/mol. The van der Waals surface area contributed by atoms with Crippen LogP contribution in [0.2, 0.25) is 0 Å². The Hall–Kier alpha value is -3.63. The van der Waals surface area contributed by atoms with Crippen molar-refractivity contribution in [2.24, 2.45) is 0 Å². The van der Waals surface area contributed by atoms with Crippen LogP contribution in [0.5, 0.6) is 5.75 Å². The quantitative estimate of drug-likeness (QED) is 0.616. The van der Waals surface area contributed by atoms with E-state index in [4.69, 9.17) is 0 Å². The fourth-order valence-corrected chi connectivity index (χ4v) is 2.72. The van der Waals surface area contributed by atoms with Gasteiger partial charge >= 0.3 is 12.3 Å². The number of anilines is 2. The molecule has 0 bridgehead atoms. The van der Waals surface area contributed by atoms with Crippen LogP contribution in [-0.2, 0) is 6.42 Å². The fourth-order valence-electron chi connectivity index (χ4n) is 2.72. The van der Waals surface area contributed by atoms with Gasteiger partial charge in [0, 0.05) is 12.3 Å². The van der Waals surface area contributed by atoms with Crippen molar-refractivity contribution < 1.29 is 27.8 Å². The molecule has 3 aromatic rings. The van der Waals surface area contributed by atoms with Crippen molar-refractivity contribution in [1.29, 1.82) is 0 Å². The lowest BCUT2D eigenvalue weighted by Crippen LogP contribution is -2.17. The summed E-state index contributed by atoms with van der Waals surface area (Å²) in [6, 6.07) is 4.73. The van der Waals surface area contributed by atoms with E-state index in [1.54, 1.807) is 26.1 Å². The normalized spacial score (nSPS) is 11.4. The maximum Gasteiger partial charge on any atom is 0.573 e. The van der Waals surface area contributed by atoms with Crippen LogP contribution >= 0.6 is 0 Å². The Balaban J connectivity index is 2.05. The van der Waals surface area contributed by atoms with Gasteiger partial charge < -0.3 is 15.2 Å². The van der Waals surface area contributed by atoms with Crippen LogP contribution in [0, 0.1) is 13.8 Å². The van der Waals surface area contributed by atoms with E-state index in [9.17, 15) is 23.1 Å². The third-order valence-corrected chi connectivity index (χ3v) is 4.09. The molecule has 0 radical (unpaired) electrons. The lowest BCUT2D eigenvalue weighted by atomic mass is 10.1. The molecule has 0 saturated carbocycles. The lowest BCUT2D eigenvalue weighted by Gasteiger charge is -2.14. The van der Waals surface area contributed by atoms with E-state index in [1.807, 2.05) is 6.92 Å². The number of hydrogen-bond acceptors (Lipinski definition) is 6. The number of nitrogens with one attached hydrogen (secondary N) is 1. The minimum Gasteiger partial charge on any atom is -0.478 e. The van der Waals surface area contributed by atoms with Gasteiger partial charge in [-0.25, -0.2) is 9.78 Å². The van der Waals surface area contributed by atoms with Gasteiger partial charge in [-0.15, -0.1) is 13.2 Å². The maximum atomic E-state index is 12.5. The molecule has 0 aliphatic carbocycles. The van der Waals surface area contributed by atoms with Crippen molar-refractivity contribution in [3.8, 4) is 11.6 Å². The van der Waals surface area contributed by atoms with E-state index in [0.717, 1.165) is 12.1 Å². The Morgan fingerprint density at radius 1 is 1.27 bits per heavy atom. The first-order valence-electron chi connectivity index (χ1n) is 8.87. The number of carboxylic acids is 1. The number of hydrogen-bond donors (Lipinski definition) is 2. The summed E-state index contributed by atoms with van der Waals surface area (Å²) >= 11 is 0. The molecule has 158 valence electrons. The fraction of sp³-hybridized carbons (Fsp3) is 0.263. The summed E-state index contributed by atoms with van der Waals surface area (Å²) in [7, 11) is 0. The van der Waals surface area contributed by atoms with Crippen molar-refractivity contribution in [2.75, 3.05) is 5.32 Å². The highest BCUT2D eigenvalue weighted by Crippen LogP contribution is 2.30. The summed E-state index contributed by atoms with van der Waals surface area (Å²) in [6.07, 6.45) is -2.72. The van der Waals surface area contributed by atoms with E-state index in [0.29, 0.717) is 35.1 Å². The maximum absolute atomic E-state index is 12.5. The molecule has 0 unspecified atom stereocenters. The molecule has 0 amide bonds. The van der Waals surface area contributed by atoms with E-state index in [1.165, 1.54) is 10.7 Å². The number of aromatic carboxylic acids is 1. The number of aryl methyl sites for hydroxylation is 3. The van der Waals surface area contributed by atoms with E-state index < -0.39 is 23.6 Å². The highest BCUT2D eigenvalue weighted by Gasteiger charge is 2.31. The smallest absolute Gasteiger partial charge is 0.478 e. The third kappa shape index (κ3) is 4.67. The molecule has 1 aromatic carbocycles. The molecule has 0 spiro atoms. The summed E-state index contributed by atoms with van der Waals surface area (Å²) in [5, 5.41) is 16.9. The number of halogens is 3. The SMILES string of the molecule is CCc1cc(Nc2ccc(OC(F)(F)F)cc2C(=O)O)n(-c2nc(C)cnc2C)n1. The number of ether oxygens (including phenoxy) is 1. The van der Waals surface area contributed by atoms with Crippen molar-refractivity contribution >= 4 is 17.5 Å². The van der Waals surface area contributed by atoms with Gasteiger partial charge in [-0.2, -0.15) is 9.78 Å². The van der Waals surface area contributed by atoms with Crippen molar-refractivity contribution in [3.63, 3.8) is 0 Å². The highest BCUT2D eigenvalue weighted by atomic mass is 19.4. The molecule has 3 rings (SSSR count). The molecule has 2 heterocycles. The molecular formula is C19H18F3N5O3. The number of rotatable bonds is 6. The second-order valence-corrected chi connectivity index (χ2v) is 6.39. The van der Waals surface area contributed by atoms with Crippen LogP contribution < -0.4 is 10.1 Å². The van der Waals surface area contributed by atoms with Gasteiger partial charge in [-0.3, -0.25) is 4.98 Å². The molecule has 2 N–H and O–H groups in total. The average molecular weight is 421 g/mol. The van der Waals surface area contributed by atoms with Crippen molar-refractivity contribution in [2.45, 2.75) is 33.6 Å². The van der Waals surface area contributed by atoms with Gasteiger partial charge in [-0.05, 0) is 38.5 Å². The zero-order valence-electron chi connectivity index (χ0n) is 16.3. The third-order valence-electron chi connectivity index (χ3n) is 4.09. The number of nitrogens with zero attached hydrogens (tertiary/aromatic N) is 4. The Morgan fingerprint density at radius 3 is 2.63 bits per heavy atom. The standard InChI is InChI=1S/C19H18F3N5O3/c1-4-12-7-16(27(26-12)17-11(3)23-9-10(2)24-17)25-15-6-5-13(30-19(20,21)22)8-14(15)18(28)29/h5-9,25H,4H2,1-3H3,(H,28,29). The summed E-state index contributed by atoms with van der Waals surface area (Å²) in [5.74, 6) is -1.21. The Bertz CT molecular complexity index is 1100. The van der Waals surface area contributed by atoms with E-state index >= 15 is 0 Å². The van der Waals surface area contributed by atoms with E-state index in [-0.39, 0.29) is 5.69 Å². The Morgan fingerprint density at radius 2 is 2.00 bits per heavy atom. The first-order chi connectivity index (χ1) is 14.1. The molecule has 8 nitrogen and oxygen atoms in total. The zero-order valence-corrected chi connectivity index (χ0v) is 16.3. The number of carbonyl (C=O) groups is 1. The van der Waals surface area contributed by atoms with Gasteiger partial charge in [-0.1, -0.05) is 6.92 Å². The van der Waals surface area contributed by atoms with Gasteiger partial charge in [0.25, 0.3) is 0 Å². The second kappa shape index (κ2) is 8.01. The number of aromatic nitrogens is 4. The first kappa shape index (κ1) is 21.1. The molecule has 0 fully saturated rings. The van der Waals surface area contributed by atoms with Crippen LogP contribution in [0.1, 0.15) is 34.4 Å². The van der Waals surface area contributed by atoms with Gasteiger partial charge in [0.1, 0.15) is 11.6 Å². The van der Waals surface area contributed by atoms with Gasteiger partial charge in [0.15, 0.2) is 5.82 Å². The second-order valence-electron chi connectivity index (χ2n) is 6.39. The van der Waals surface area contributed by atoms with Gasteiger partial charge in [0.05, 0.1) is 28.3 Å². The molecule has 30 heavy (non-hydrogen) atoms. The zero-order chi connectivity index (χ0) is 22.1. The predicted molar refractivity (Wildman–Crippen MR) is 101 cm³/mol. The number of benzene rings is 1. The topological polar surface area (TPSA) is 102 Å². The summed E-state index contributed by atoms with van der Waals surface area (Å²) in [5.41, 5.74) is 1.64. The van der Waals surface area contributed by atoms with E-state index in [2.05, 4.69) is 25.1 Å². The highest BCUT2D eigenvalue weighted by molar-refractivity contribution is 5.95. The molecule has 0 aliphatic rings. The number of alkyl halides is 3. The van der Waals surface area contributed by atoms with Crippen LogP contribution in [0.3, 0.4) is 0 Å². The molecule has 2 aromatic heterocycles. The van der Waals surface area contributed by atoms with Crippen LogP contribution in [0.25, 0.3) is 5.82 Å². The summed E-state index contributed by atoms with van der Waals surface area (Å²) in [6.45, 7) is 5.43. The minimum absolute atomic E-state index is 0.0686. The van der Waals surface area contributed by atoms with Crippen LogP contribution in [0.15, 0.2) is 30.5 Å². The molecule has 0 saturated heterocycles. The predicted octanol–water partition coefficient (Wildman–Crippen LogP) is 4.18. The number of carboxylic acid groups (broad SMARTS) is 1. The molecule has 0 aliphatic heterocycles. The largest absolute Gasteiger partial charge is 0.573 e. The van der Waals surface area contributed by atoms with Crippen LogP contribution in [-0.4, -0.2) is 37.2 Å². The molecule has 0 atom stereocenters. The summed E-state index contributed by atoms with van der Waals surface area (Å²) < 4.78 is 42.7. The lowest BCUT2D eigenvalue weighted by molar-refractivity contribution is -0.274. The molecular weight excluding hydrogens is 403 g/mol. The summed E-state index contributed by atoms with van der Waals surface area (Å²) in [4.78, 5) is 20.3. The molecule has 11 heteroatoms. The minimum atomic E-state index is -4.93. The Labute approximate surface area is 169 Å². The van der Waals surface area contributed by atoms with Crippen molar-refractivity contribution in [3.05, 3.63) is 53.1 Å². The average Bonchev–Trinajstić information content (AvgIpc) is 3.06. The van der Waals surface area contributed by atoms with Gasteiger partial charge in [0.2, 0.25) is 0 Å².